The predicted molar refractivity (Wildman–Crippen MR) is 120 cm³/mol. The van der Waals surface area contributed by atoms with Gasteiger partial charge in [0.05, 0.1) is 0 Å². The molecule has 1 heterocycles. The third-order valence-corrected chi connectivity index (χ3v) is 6.02. The number of hydrogen-bond donors (Lipinski definition) is 0. The van der Waals surface area contributed by atoms with Crippen molar-refractivity contribution in [3.63, 3.8) is 0 Å². The van der Waals surface area contributed by atoms with Gasteiger partial charge < -0.3 is 4.90 Å². The second-order valence-electron chi connectivity index (χ2n) is 8.25. The number of nitrogens with zero attached hydrogens (tertiary/aromatic N) is 1. The van der Waals surface area contributed by atoms with Gasteiger partial charge in [-0.2, -0.15) is 0 Å². The van der Waals surface area contributed by atoms with Crippen LogP contribution in [0.1, 0.15) is 62.4 Å². The first kappa shape index (κ1) is 24.1. The Morgan fingerprint density at radius 3 is 2.10 bits per heavy atom. The first-order valence-electron chi connectivity index (χ1n) is 10.5. The highest BCUT2D eigenvalue weighted by Gasteiger charge is 2.27. The molecule has 1 atom stereocenters. The molecule has 1 amide bonds. The monoisotopic (exact) mass is 431 g/mol. The molecule has 1 saturated heterocycles. The van der Waals surface area contributed by atoms with E-state index in [1.807, 2.05) is 24.0 Å². The van der Waals surface area contributed by atoms with Crippen molar-refractivity contribution < 1.29 is 14.0 Å². The molecule has 0 aromatic heterocycles. The van der Waals surface area contributed by atoms with E-state index < -0.39 is 0 Å². The molecule has 0 saturated carbocycles. The molecular formula is C25H31ClFNO2. The molecule has 30 heavy (non-hydrogen) atoms. The summed E-state index contributed by atoms with van der Waals surface area (Å²) in [5, 5.41) is 0.784. The van der Waals surface area contributed by atoms with Crippen molar-refractivity contribution in [3.8, 4) is 0 Å². The zero-order valence-corrected chi connectivity index (χ0v) is 19.0. The van der Waals surface area contributed by atoms with Crippen molar-refractivity contribution in [1.29, 1.82) is 0 Å². The van der Waals surface area contributed by atoms with Crippen molar-refractivity contribution in [2.75, 3.05) is 13.1 Å². The van der Waals surface area contributed by atoms with Crippen LogP contribution in [-0.2, 0) is 4.79 Å². The Bertz CT molecular complexity index is 842. The fourth-order valence-electron chi connectivity index (χ4n) is 3.45. The number of amides is 1. The number of Topliss-reactive ketones (excluding diaryl/α,β-unsaturated/α-hetero) is 1. The highest BCUT2D eigenvalue weighted by Crippen LogP contribution is 2.29. The van der Waals surface area contributed by atoms with E-state index >= 15 is 0 Å². The van der Waals surface area contributed by atoms with Crippen LogP contribution in [0.15, 0.2) is 48.5 Å². The number of carbonyl (C=O) groups excluding carboxylic acids is 2. The van der Waals surface area contributed by atoms with Crippen LogP contribution in [0, 0.1) is 17.7 Å². The quantitative estimate of drug-likeness (QED) is 0.527. The van der Waals surface area contributed by atoms with Crippen LogP contribution >= 0.6 is 11.6 Å². The molecule has 3 nitrogen and oxygen atoms in total. The van der Waals surface area contributed by atoms with Crippen molar-refractivity contribution in [2.24, 2.45) is 11.8 Å². The summed E-state index contributed by atoms with van der Waals surface area (Å²) in [4.78, 5) is 25.0. The molecule has 2 aromatic rings. The molecule has 5 heteroatoms. The number of piperidine rings is 1. The maximum absolute atomic E-state index is 12.4. The molecule has 162 valence electrons. The van der Waals surface area contributed by atoms with Gasteiger partial charge in [-0.15, -0.1) is 0 Å². The Labute approximate surface area is 184 Å². The summed E-state index contributed by atoms with van der Waals surface area (Å²) in [5.41, 5.74) is 1.76. The molecule has 0 radical (unpaired) electrons. The topological polar surface area (TPSA) is 37.4 Å². The van der Waals surface area contributed by atoms with E-state index in [2.05, 4.69) is 26.0 Å². The van der Waals surface area contributed by atoms with Gasteiger partial charge in [-0.05, 0) is 61.4 Å². The summed E-state index contributed by atoms with van der Waals surface area (Å²) < 4.78 is 12.4. The molecule has 2 aromatic carbocycles. The average Bonchev–Trinajstić information content (AvgIpc) is 2.74. The van der Waals surface area contributed by atoms with E-state index in [4.69, 9.17) is 11.6 Å². The van der Waals surface area contributed by atoms with Gasteiger partial charge in [-0.25, -0.2) is 4.39 Å². The Kier molecular flexibility index (Phi) is 9.04. The third-order valence-electron chi connectivity index (χ3n) is 5.77. The first-order chi connectivity index (χ1) is 14.2. The Morgan fingerprint density at radius 2 is 1.63 bits per heavy atom. The first-order valence-corrected chi connectivity index (χ1v) is 10.9. The molecule has 0 N–H and O–H groups in total. The van der Waals surface area contributed by atoms with E-state index in [-0.39, 0.29) is 17.5 Å². The largest absolute Gasteiger partial charge is 0.342 e. The van der Waals surface area contributed by atoms with Gasteiger partial charge in [0, 0.05) is 29.6 Å². The van der Waals surface area contributed by atoms with Crippen LogP contribution in [0.25, 0.3) is 0 Å². The smallest absolute Gasteiger partial charge is 0.225 e. The zero-order chi connectivity index (χ0) is 22.3. The Hall–Kier alpha value is -2.20. The van der Waals surface area contributed by atoms with E-state index in [1.165, 1.54) is 30.7 Å². The molecule has 1 unspecified atom stereocenters. The molecule has 0 bridgehead atoms. The lowest BCUT2D eigenvalue weighted by Crippen LogP contribution is -2.41. The van der Waals surface area contributed by atoms with Gasteiger partial charge in [-0.1, -0.05) is 56.6 Å². The highest BCUT2D eigenvalue weighted by molar-refractivity contribution is 6.30. The van der Waals surface area contributed by atoms with Crippen molar-refractivity contribution in [2.45, 2.75) is 46.5 Å². The van der Waals surface area contributed by atoms with Gasteiger partial charge in [0.25, 0.3) is 0 Å². The lowest BCUT2D eigenvalue weighted by atomic mass is 9.88. The second-order valence-corrected chi connectivity index (χ2v) is 8.69. The highest BCUT2D eigenvalue weighted by atomic mass is 35.5. The normalized spacial score (nSPS) is 15.4. The number of rotatable bonds is 4. The Balaban J connectivity index is 0.000000269. The van der Waals surface area contributed by atoms with Gasteiger partial charge in [-0.3, -0.25) is 9.59 Å². The SMILES string of the molecule is CC(=O)c1cccc(F)c1.CC(C)C(C)C(=O)N1CCC(c2ccc(Cl)cc2)CC1. The maximum Gasteiger partial charge on any atom is 0.225 e. The van der Waals surface area contributed by atoms with Gasteiger partial charge in [0.15, 0.2) is 5.78 Å². The standard InChI is InChI=1S/C17H24ClNO.C8H7FO/c1-12(2)13(3)17(20)19-10-8-15(9-11-19)14-4-6-16(18)7-5-14;1-6(10)7-3-2-4-8(9)5-7/h4-7,12-13,15H,8-11H2,1-3H3;2-5H,1H3. The molecular weight excluding hydrogens is 401 g/mol. The van der Waals surface area contributed by atoms with Crippen LogP contribution in [0.5, 0.6) is 0 Å². The molecule has 1 aliphatic heterocycles. The summed E-state index contributed by atoms with van der Waals surface area (Å²) >= 11 is 5.93. The number of hydrogen-bond acceptors (Lipinski definition) is 2. The maximum atomic E-state index is 12.4. The van der Waals surface area contributed by atoms with E-state index in [0.717, 1.165) is 31.0 Å². The van der Waals surface area contributed by atoms with Gasteiger partial charge >= 0.3 is 0 Å². The minimum atomic E-state index is -0.368. The number of benzene rings is 2. The van der Waals surface area contributed by atoms with E-state index in [9.17, 15) is 14.0 Å². The fraction of sp³-hybridized carbons (Fsp3) is 0.440. The third kappa shape index (κ3) is 6.94. The number of likely N-dealkylation sites (tertiary alicyclic amines) is 1. The van der Waals surface area contributed by atoms with Gasteiger partial charge in [0.1, 0.15) is 5.82 Å². The predicted octanol–water partition coefficient (Wildman–Crippen LogP) is 6.37. The lowest BCUT2D eigenvalue weighted by Gasteiger charge is -2.34. The van der Waals surface area contributed by atoms with Crippen molar-refractivity contribution in [3.05, 3.63) is 70.5 Å². The van der Waals surface area contributed by atoms with Crippen LogP contribution < -0.4 is 0 Å². The summed E-state index contributed by atoms with van der Waals surface area (Å²) in [7, 11) is 0. The zero-order valence-electron chi connectivity index (χ0n) is 18.2. The number of carbonyl (C=O) groups is 2. The van der Waals surface area contributed by atoms with E-state index in [0.29, 0.717) is 23.3 Å². The van der Waals surface area contributed by atoms with Crippen LogP contribution in [0.2, 0.25) is 5.02 Å². The average molecular weight is 432 g/mol. The minimum absolute atomic E-state index is 0.112. The second kappa shape index (κ2) is 11.3. The van der Waals surface area contributed by atoms with Crippen LogP contribution in [0.3, 0.4) is 0 Å². The van der Waals surface area contributed by atoms with Gasteiger partial charge in [0.2, 0.25) is 5.91 Å². The minimum Gasteiger partial charge on any atom is -0.342 e. The summed E-state index contributed by atoms with van der Waals surface area (Å²) in [6.07, 6.45) is 2.11. The summed E-state index contributed by atoms with van der Waals surface area (Å²) in [6, 6.07) is 13.8. The van der Waals surface area contributed by atoms with Crippen molar-refractivity contribution in [1.82, 2.24) is 4.90 Å². The molecule has 3 rings (SSSR count). The lowest BCUT2D eigenvalue weighted by molar-refractivity contribution is -0.137. The molecule has 1 aliphatic rings. The van der Waals surface area contributed by atoms with E-state index in [1.54, 1.807) is 6.07 Å². The summed E-state index contributed by atoms with van der Waals surface area (Å²) in [5.74, 6) is 0.936. The molecule has 0 spiro atoms. The fourth-order valence-corrected chi connectivity index (χ4v) is 3.57. The number of halogens is 2. The van der Waals surface area contributed by atoms with Crippen LogP contribution in [-0.4, -0.2) is 29.7 Å². The molecule has 0 aliphatic carbocycles. The summed E-state index contributed by atoms with van der Waals surface area (Å²) in [6.45, 7) is 9.44. The Morgan fingerprint density at radius 1 is 1.03 bits per heavy atom. The number of ketones is 1. The molecule has 1 fully saturated rings. The van der Waals surface area contributed by atoms with Crippen LogP contribution in [0.4, 0.5) is 4.39 Å². The van der Waals surface area contributed by atoms with Crippen molar-refractivity contribution >= 4 is 23.3 Å².